The van der Waals surface area contributed by atoms with Gasteiger partial charge in [-0.25, -0.2) is 0 Å². The minimum Gasteiger partial charge on any atom is -0.397 e. The van der Waals surface area contributed by atoms with Gasteiger partial charge in [0.1, 0.15) is 6.10 Å². The van der Waals surface area contributed by atoms with Crippen molar-refractivity contribution in [1.82, 2.24) is 4.98 Å². The summed E-state index contributed by atoms with van der Waals surface area (Å²) >= 11 is 3.86. The van der Waals surface area contributed by atoms with E-state index in [1.807, 2.05) is 0 Å². The van der Waals surface area contributed by atoms with Gasteiger partial charge in [0.05, 0.1) is 17.5 Å². The molecule has 13 heavy (non-hydrogen) atoms. The summed E-state index contributed by atoms with van der Waals surface area (Å²) in [5, 5.41) is 18.8. The number of thiol groups is 1. The van der Waals surface area contributed by atoms with Gasteiger partial charge in [-0.2, -0.15) is 12.6 Å². The molecule has 0 radical (unpaired) electrons. The van der Waals surface area contributed by atoms with E-state index in [1.54, 1.807) is 12.1 Å². The van der Waals surface area contributed by atoms with Crippen LogP contribution >= 0.6 is 12.6 Å². The SMILES string of the molecule is Nc1cccnc1C(O)C(O)CS. The number of aromatic nitrogens is 1. The first kappa shape index (κ1) is 10.3. The van der Waals surface area contributed by atoms with Crippen molar-refractivity contribution in [1.29, 1.82) is 0 Å². The minimum atomic E-state index is -1.07. The van der Waals surface area contributed by atoms with Crippen LogP contribution in [0.15, 0.2) is 18.3 Å². The Balaban J connectivity index is 2.88. The van der Waals surface area contributed by atoms with Crippen LogP contribution in [0.2, 0.25) is 0 Å². The maximum Gasteiger partial charge on any atom is 0.125 e. The Kier molecular flexibility index (Phi) is 3.53. The van der Waals surface area contributed by atoms with E-state index in [0.717, 1.165) is 0 Å². The maximum atomic E-state index is 9.53. The fourth-order valence-corrected chi connectivity index (χ4v) is 1.16. The van der Waals surface area contributed by atoms with Crippen LogP contribution in [0.3, 0.4) is 0 Å². The Bertz CT molecular complexity index is 283. The number of rotatable bonds is 3. The minimum absolute atomic E-state index is 0.164. The Morgan fingerprint density at radius 3 is 2.77 bits per heavy atom. The molecule has 2 atom stereocenters. The van der Waals surface area contributed by atoms with Gasteiger partial charge < -0.3 is 15.9 Å². The van der Waals surface area contributed by atoms with Gasteiger partial charge in [0.25, 0.3) is 0 Å². The number of nitrogen functional groups attached to an aromatic ring is 1. The molecule has 1 aromatic rings. The first-order valence-corrected chi connectivity index (χ1v) is 4.47. The predicted octanol–water partition coefficient (Wildman–Crippen LogP) is -0.0121. The highest BCUT2D eigenvalue weighted by Crippen LogP contribution is 2.20. The van der Waals surface area contributed by atoms with E-state index >= 15 is 0 Å². The lowest BCUT2D eigenvalue weighted by molar-refractivity contribution is 0.0315. The molecular weight excluding hydrogens is 188 g/mol. The third-order valence-corrected chi connectivity index (χ3v) is 2.08. The average molecular weight is 200 g/mol. The fourth-order valence-electron chi connectivity index (χ4n) is 0.959. The number of nitrogens with two attached hydrogens (primary N) is 1. The van der Waals surface area contributed by atoms with E-state index in [1.165, 1.54) is 6.20 Å². The quantitative estimate of drug-likeness (QED) is 0.517. The molecule has 0 saturated carbocycles. The normalized spacial score (nSPS) is 15.3. The molecule has 0 aromatic carbocycles. The number of hydrogen-bond acceptors (Lipinski definition) is 5. The van der Waals surface area contributed by atoms with Gasteiger partial charge in [-0.15, -0.1) is 0 Å². The molecule has 0 spiro atoms. The van der Waals surface area contributed by atoms with E-state index < -0.39 is 12.2 Å². The maximum absolute atomic E-state index is 9.53. The number of nitrogens with zero attached hydrogens (tertiary/aromatic N) is 1. The van der Waals surface area contributed by atoms with Crippen LogP contribution in [0, 0.1) is 0 Å². The van der Waals surface area contributed by atoms with Gasteiger partial charge in [0.15, 0.2) is 0 Å². The van der Waals surface area contributed by atoms with Crippen molar-refractivity contribution in [3.05, 3.63) is 24.0 Å². The highest BCUT2D eigenvalue weighted by molar-refractivity contribution is 7.80. The molecular formula is C8H12N2O2S. The number of pyridine rings is 1. The van der Waals surface area contributed by atoms with Crippen LogP contribution in [0.1, 0.15) is 11.8 Å². The van der Waals surface area contributed by atoms with E-state index in [-0.39, 0.29) is 5.75 Å². The molecule has 0 saturated heterocycles. The van der Waals surface area contributed by atoms with Crippen LogP contribution in [0.5, 0.6) is 0 Å². The van der Waals surface area contributed by atoms with Crippen LogP contribution in [-0.4, -0.2) is 27.1 Å². The van der Waals surface area contributed by atoms with Gasteiger partial charge in [-0.3, -0.25) is 4.98 Å². The predicted molar refractivity (Wildman–Crippen MR) is 53.5 cm³/mol. The monoisotopic (exact) mass is 200 g/mol. The Labute approximate surface area is 81.8 Å². The topological polar surface area (TPSA) is 79.4 Å². The smallest absolute Gasteiger partial charge is 0.125 e. The Hall–Kier alpha value is -0.780. The highest BCUT2D eigenvalue weighted by Gasteiger charge is 2.19. The van der Waals surface area contributed by atoms with Gasteiger partial charge >= 0.3 is 0 Å². The average Bonchev–Trinajstić information content (AvgIpc) is 2.16. The zero-order chi connectivity index (χ0) is 9.84. The van der Waals surface area contributed by atoms with Crippen LogP contribution in [0.4, 0.5) is 5.69 Å². The van der Waals surface area contributed by atoms with Crippen molar-refractivity contribution >= 4 is 18.3 Å². The second-order valence-electron chi connectivity index (χ2n) is 2.67. The summed E-state index contributed by atoms with van der Waals surface area (Å²) in [6.07, 6.45) is -0.501. The van der Waals surface area contributed by atoms with Crippen molar-refractivity contribution in [2.75, 3.05) is 11.5 Å². The number of anilines is 1. The summed E-state index contributed by atoms with van der Waals surface area (Å²) in [5.41, 5.74) is 6.22. The Morgan fingerprint density at radius 2 is 2.23 bits per heavy atom. The molecule has 1 aromatic heterocycles. The third kappa shape index (κ3) is 2.33. The van der Waals surface area contributed by atoms with Gasteiger partial charge in [0, 0.05) is 11.9 Å². The third-order valence-electron chi connectivity index (χ3n) is 1.70. The van der Waals surface area contributed by atoms with Gasteiger partial charge in [-0.1, -0.05) is 0 Å². The second kappa shape index (κ2) is 4.45. The fraction of sp³-hybridized carbons (Fsp3) is 0.375. The van der Waals surface area contributed by atoms with Crippen molar-refractivity contribution in [2.45, 2.75) is 12.2 Å². The molecule has 0 bridgehead atoms. The largest absolute Gasteiger partial charge is 0.397 e. The van der Waals surface area contributed by atoms with Crippen molar-refractivity contribution in [3.8, 4) is 0 Å². The van der Waals surface area contributed by atoms with E-state index in [0.29, 0.717) is 11.4 Å². The van der Waals surface area contributed by atoms with Crippen LogP contribution in [0.25, 0.3) is 0 Å². The molecule has 4 nitrogen and oxygen atoms in total. The summed E-state index contributed by atoms with van der Waals surface area (Å²) in [7, 11) is 0. The summed E-state index contributed by atoms with van der Waals surface area (Å²) in [6.45, 7) is 0. The molecule has 0 aliphatic rings. The molecule has 1 rings (SSSR count). The summed E-state index contributed by atoms with van der Waals surface area (Å²) < 4.78 is 0. The molecule has 5 heteroatoms. The lowest BCUT2D eigenvalue weighted by atomic mass is 10.1. The first-order chi connectivity index (χ1) is 6.16. The highest BCUT2D eigenvalue weighted by atomic mass is 32.1. The van der Waals surface area contributed by atoms with Crippen molar-refractivity contribution in [3.63, 3.8) is 0 Å². The lowest BCUT2D eigenvalue weighted by Gasteiger charge is -2.16. The Morgan fingerprint density at radius 1 is 1.54 bits per heavy atom. The lowest BCUT2D eigenvalue weighted by Crippen LogP contribution is -2.21. The number of aliphatic hydroxyl groups is 2. The zero-order valence-corrected chi connectivity index (χ0v) is 7.85. The number of hydrogen-bond donors (Lipinski definition) is 4. The molecule has 4 N–H and O–H groups in total. The molecule has 1 heterocycles. The molecule has 72 valence electrons. The summed E-state index contributed by atoms with van der Waals surface area (Å²) in [6, 6.07) is 3.29. The van der Waals surface area contributed by atoms with Crippen molar-refractivity contribution < 1.29 is 10.2 Å². The van der Waals surface area contributed by atoms with Crippen LogP contribution < -0.4 is 5.73 Å². The molecule has 0 amide bonds. The molecule has 0 aliphatic carbocycles. The number of aliphatic hydroxyl groups excluding tert-OH is 2. The van der Waals surface area contributed by atoms with E-state index in [9.17, 15) is 10.2 Å². The zero-order valence-electron chi connectivity index (χ0n) is 6.96. The van der Waals surface area contributed by atoms with Crippen LogP contribution in [-0.2, 0) is 0 Å². The summed E-state index contributed by atoms with van der Waals surface area (Å²) in [5.74, 6) is 0.164. The van der Waals surface area contributed by atoms with E-state index in [2.05, 4.69) is 17.6 Å². The van der Waals surface area contributed by atoms with E-state index in [4.69, 9.17) is 5.73 Å². The molecule has 0 aliphatic heterocycles. The standard InChI is InChI=1S/C8H12N2O2S/c9-5-2-1-3-10-7(5)8(12)6(11)4-13/h1-3,6,8,11-13H,4,9H2. The van der Waals surface area contributed by atoms with Crippen molar-refractivity contribution in [2.24, 2.45) is 0 Å². The summed E-state index contributed by atoms with van der Waals surface area (Å²) in [4.78, 5) is 3.88. The van der Waals surface area contributed by atoms with Gasteiger partial charge in [0.2, 0.25) is 0 Å². The molecule has 0 fully saturated rings. The first-order valence-electron chi connectivity index (χ1n) is 3.84. The molecule has 2 unspecified atom stereocenters. The van der Waals surface area contributed by atoms with Gasteiger partial charge in [-0.05, 0) is 12.1 Å². The second-order valence-corrected chi connectivity index (χ2v) is 3.04.